The normalized spacial score (nSPS) is 29.3. The minimum Gasteiger partial charge on any atom is -0.491 e. The molecular formula is C33H48F2O. The summed E-state index contributed by atoms with van der Waals surface area (Å²) in [5, 5.41) is 0. The molecule has 0 radical (unpaired) electrons. The van der Waals surface area contributed by atoms with Crippen LogP contribution in [0.2, 0.25) is 0 Å². The number of hydrogen-bond acceptors (Lipinski definition) is 1. The number of ether oxygens (including phenoxy) is 1. The summed E-state index contributed by atoms with van der Waals surface area (Å²) in [6.45, 7) is 4.36. The van der Waals surface area contributed by atoms with Crippen molar-refractivity contribution in [2.45, 2.75) is 110 Å². The predicted octanol–water partition coefficient (Wildman–Crippen LogP) is 10.3. The fourth-order valence-electron chi connectivity index (χ4n) is 7.34. The van der Waals surface area contributed by atoms with Crippen molar-refractivity contribution in [1.29, 1.82) is 0 Å². The SMILES string of the molecule is CCCC=CCCC1CCC(C2CCC(C3CC=C(c4ccc(OCC)c(F)c4F)CC3)CC2)CC1. The molecule has 200 valence electrons. The van der Waals surface area contributed by atoms with E-state index in [1.807, 2.05) is 0 Å². The first-order valence-electron chi connectivity index (χ1n) is 15.1. The highest BCUT2D eigenvalue weighted by molar-refractivity contribution is 5.67. The van der Waals surface area contributed by atoms with Crippen LogP contribution in [0.3, 0.4) is 0 Å². The molecule has 0 saturated heterocycles. The summed E-state index contributed by atoms with van der Waals surface area (Å²) in [7, 11) is 0. The highest BCUT2D eigenvalue weighted by atomic mass is 19.2. The first-order chi connectivity index (χ1) is 17.6. The second kappa shape index (κ2) is 13.8. The van der Waals surface area contributed by atoms with E-state index in [1.54, 1.807) is 19.1 Å². The molecule has 0 heterocycles. The smallest absolute Gasteiger partial charge is 0.201 e. The van der Waals surface area contributed by atoms with Crippen LogP contribution in [0.1, 0.15) is 116 Å². The van der Waals surface area contributed by atoms with E-state index in [2.05, 4.69) is 25.2 Å². The van der Waals surface area contributed by atoms with Gasteiger partial charge in [0.2, 0.25) is 5.82 Å². The number of allylic oxidation sites excluding steroid dienone is 4. The fourth-order valence-corrected chi connectivity index (χ4v) is 7.34. The first kappa shape index (κ1) is 27.4. The molecule has 2 fully saturated rings. The highest BCUT2D eigenvalue weighted by Gasteiger charge is 2.34. The first-order valence-corrected chi connectivity index (χ1v) is 15.1. The van der Waals surface area contributed by atoms with E-state index in [0.29, 0.717) is 18.1 Å². The van der Waals surface area contributed by atoms with Gasteiger partial charge in [-0.1, -0.05) is 44.4 Å². The van der Waals surface area contributed by atoms with Gasteiger partial charge in [0.1, 0.15) is 0 Å². The number of unbranched alkanes of at least 4 members (excludes halogenated alkanes) is 1. The molecule has 3 aliphatic rings. The van der Waals surface area contributed by atoms with Crippen LogP contribution in [0.15, 0.2) is 30.4 Å². The van der Waals surface area contributed by atoms with E-state index >= 15 is 0 Å². The van der Waals surface area contributed by atoms with E-state index in [1.165, 1.54) is 77.0 Å². The second-order valence-corrected chi connectivity index (χ2v) is 11.7. The lowest BCUT2D eigenvalue weighted by Crippen LogP contribution is -2.28. The number of hydrogen-bond donors (Lipinski definition) is 0. The average molecular weight is 499 g/mol. The molecule has 2 saturated carbocycles. The molecule has 1 aromatic rings. The van der Waals surface area contributed by atoms with Crippen molar-refractivity contribution in [3.05, 3.63) is 47.6 Å². The zero-order valence-electron chi connectivity index (χ0n) is 22.8. The second-order valence-electron chi connectivity index (χ2n) is 11.7. The Balaban J connectivity index is 1.20. The van der Waals surface area contributed by atoms with E-state index < -0.39 is 11.6 Å². The molecule has 1 unspecified atom stereocenters. The van der Waals surface area contributed by atoms with Crippen molar-refractivity contribution in [2.24, 2.45) is 29.6 Å². The zero-order valence-corrected chi connectivity index (χ0v) is 22.8. The predicted molar refractivity (Wildman–Crippen MR) is 147 cm³/mol. The summed E-state index contributed by atoms with van der Waals surface area (Å²) in [5.74, 6) is 2.80. The summed E-state index contributed by atoms with van der Waals surface area (Å²) >= 11 is 0. The molecule has 0 spiro atoms. The van der Waals surface area contributed by atoms with Crippen molar-refractivity contribution < 1.29 is 13.5 Å². The fraction of sp³-hybridized carbons (Fsp3) is 0.697. The van der Waals surface area contributed by atoms with E-state index in [9.17, 15) is 8.78 Å². The molecule has 1 aromatic carbocycles. The van der Waals surface area contributed by atoms with Crippen LogP contribution in [0, 0.1) is 41.2 Å². The van der Waals surface area contributed by atoms with Gasteiger partial charge in [0.05, 0.1) is 6.61 Å². The number of halogens is 2. The van der Waals surface area contributed by atoms with Crippen LogP contribution in [0.4, 0.5) is 8.78 Å². The van der Waals surface area contributed by atoms with Crippen molar-refractivity contribution >= 4 is 5.57 Å². The van der Waals surface area contributed by atoms with Gasteiger partial charge in [-0.05, 0) is 131 Å². The summed E-state index contributed by atoms with van der Waals surface area (Å²) in [6.07, 6.45) is 26.5. The molecule has 1 nitrogen and oxygen atoms in total. The third kappa shape index (κ3) is 7.01. The lowest BCUT2D eigenvalue weighted by Gasteiger charge is -2.40. The van der Waals surface area contributed by atoms with Gasteiger partial charge in [0.25, 0.3) is 0 Å². The van der Waals surface area contributed by atoms with Crippen LogP contribution >= 0.6 is 0 Å². The maximum absolute atomic E-state index is 14.7. The minimum absolute atomic E-state index is 0.0119. The maximum atomic E-state index is 14.7. The maximum Gasteiger partial charge on any atom is 0.201 e. The van der Waals surface area contributed by atoms with Crippen LogP contribution < -0.4 is 4.74 Å². The summed E-state index contributed by atoms with van der Waals surface area (Å²) in [5.41, 5.74) is 1.39. The summed E-state index contributed by atoms with van der Waals surface area (Å²) < 4.78 is 34.2. The highest BCUT2D eigenvalue weighted by Crippen LogP contribution is 2.46. The number of benzene rings is 1. The third-order valence-corrected chi connectivity index (χ3v) is 9.55. The molecule has 3 heteroatoms. The van der Waals surface area contributed by atoms with Gasteiger partial charge in [-0.2, -0.15) is 4.39 Å². The molecule has 0 aliphatic heterocycles. The van der Waals surface area contributed by atoms with Crippen LogP contribution in [0.5, 0.6) is 5.75 Å². The minimum atomic E-state index is -0.853. The Morgan fingerprint density at radius 3 is 2.03 bits per heavy atom. The molecular weight excluding hydrogens is 450 g/mol. The van der Waals surface area contributed by atoms with Gasteiger partial charge in [-0.15, -0.1) is 0 Å². The van der Waals surface area contributed by atoms with E-state index in [4.69, 9.17) is 4.74 Å². The summed E-state index contributed by atoms with van der Waals surface area (Å²) in [4.78, 5) is 0. The average Bonchev–Trinajstić information content (AvgIpc) is 2.92. The zero-order chi connectivity index (χ0) is 25.3. The van der Waals surface area contributed by atoms with Gasteiger partial charge < -0.3 is 4.74 Å². The van der Waals surface area contributed by atoms with Gasteiger partial charge in [0.15, 0.2) is 11.6 Å². The van der Waals surface area contributed by atoms with Crippen LogP contribution in [-0.2, 0) is 0 Å². The van der Waals surface area contributed by atoms with Crippen molar-refractivity contribution in [2.75, 3.05) is 6.61 Å². The van der Waals surface area contributed by atoms with Crippen molar-refractivity contribution in [3.8, 4) is 5.75 Å². The molecule has 3 aliphatic carbocycles. The van der Waals surface area contributed by atoms with Gasteiger partial charge in [0, 0.05) is 5.56 Å². The molecule has 1 atom stereocenters. The standard InChI is InChI=1S/C33H48F2O/c1-3-5-6-7-8-9-24-10-12-25(13-11-24)26-14-16-27(17-15-26)28-18-20-29(21-19-28)30-22-23-31(36-4-2)33(35)32(30)34/h6-7,20,22-28H,3-5,8-19,21H2,1-2H3. The Labute approximate surface area is 218 Å². The van der Waals surface area contributed by atoms with Crippen LogP contribution in [0.25, 0.3) is 5.57 Å². The lowest BCUT2D eigenvalue weighted by atomic mass is 9.65. The van der Waals surface area contributed by atoms with Gasteiger partial charge >= 0.3 is 0 Å². The molecule has 0 aromatic heterocycles. The Morgan fingerprint density at radius 2 is 1.42 bits per heavy atom. The number of rotatable bonds is 10. The molecule has 0 amide bonds. The van der Waals surface area contributed by atoms with E-state index in [0.717, 1.165) is 48.5 Å². The Bertz CT molecular complexity index is 872. The Hall–Kier alpha value is -1.64. The largest absolute Gasteiger partial charge is 0.491 e. The molecule has 0 bridgehead atoms. The van der Waals surface area contributed by atoms with Gasteiger partial charge in [-0.25, -0.2) is 4.39 Å². The topological polar surface area (TPSA) is 9.23 Å². The molecule has 0 N–H and O–H groups in total. The Morgan fingerprint density at radius 1 is 0.778 bits per heavy atom. The summed E-state index contributed by atoms with van der Waals surface area (Å²) in [6, 6.07) is 3.27. The quantitative estimate of drug-likeness (QED) is 0.292. The lowest BCUT2D eigenvalue weighted by molar-refractivity contribution is 0.121. The van der Waals surface area contributed by atoms with E-state index in [-0.39, 0.29) is 5.75 Å². The molecule has 4 rings (SSSR count). The van der Waals surface area contributed by atoms with Crippen molar-refractivity contribution in [1.82, 2.24) is 0 Å². The monoisotopic (exact) mass is 498 g/mol. The van der Waals surface area contributed by atoms with Gasteiger partial charge in [-0.3, -0.25) is 0 Å². The van der Waals surface area contributed by atoms with Crippen LogP contribution in [-0.4, -0.2) is 6.61 Å². The molecule has 36 heavy (non-hydrogen) atoms. The van der Waals surface area contributed by atoms with Crippen molar-refractivity contribution in [3.63, 3.8) is 0 Å². The third-order valence-electron chi connectivity index (χ3n) is 9.55. The Kier molecular flexibility index (Phi) is 10.5.